The van der Waals surface area contributed by atoms with Gasteiger partial charge in [-0.25, -0.2) is 8.61 Å². The van der Waals surface area contributed by atoms with Gasteiger partial charge in [0.25, 0.3) is 5.91 Å². The Balaban J connectivity index is 3.41. The number of hydrogen-bond acceptors (Lipinski definition) is 5. The van der Waals surface area contributed by atoms with Gasteiger partial charge >= 0.3 is 14.1 Å². The Morgan fingerprint density at radius 1 is 1.00 bits per heavy atom. The molecular formula is C12H10Cl4F5N3OS2. The number of carbonyl (C=O) groups excluding carboxylic acids is 1. The molecule has 1 aromatic carbocycles. The van der Waals surface area contributed by atoms with Crippen molar-refractivity contribution in [2.75, 3.05) is 16.8 Å². The molecule has 1 amide bonds. The number of anilines is 1. The number of hydrogen-bond donors (Lipinski definition) is 1. The quantitative estimate of drug-likeness (QED) is 0.205. The van der Waals surface area contributed by atoms with Gasteiger partial charge in [0, 0.05) is 37.0 Å². The van der Waals surface area contributed by atoms with Gasteiger partial charge in [0.05, 0.1) is 11.3 Å². The van der Waals surface area contributed by atoms with Gasteiger partial charge in [-0.2, -0.15) is 8.78 Å². The third-order valence-corrected chi connectivity index (χ3v) is 5.02. The summed E-state index contributed by atoms with van der Waals surface area (Å²) in [6, 6.07) is 4.65. The predicted molar refractivity (Wildman–Crippen MR) is 101 cm³/mol. The molecule has 0 fully saturated rings. The van der Waals surface area contributed by atoms with E-state index in [9.17, 15) is 26.7 Å². The molecule has 15 heteroatoms. The maximum absolute atomic E-state index is 13.6. The van der Waals surface area contributed by atoms with Gasteiger partial charge in [0.1, 0.15) is 0 Å². The molecule has 0 saturated carbocycles. The highest BCUT2D eigenvalue weighted by Crippen LogP contribution is 2.51. The van der Waals surface area contributed by atoms with Gasteiger partial charge in [-0.1, -0.05) is 58.5 Å². The van der Waals surface area contributed by atoms with Crippen LogP contribution in [0.5, 0.6) is 0 Å². The van der Waals surface area contributed by atoms with E-state index in [1.807, 2.05) is 0 Å². The lowest BCUT2D eigenvalue weighted by molar-refractivity contribution is -0.223. The molecule has 4 nitrogen and oxygen atoms in total. The van der Waals surface area contributed by atoms with Crippen LogP contribution >= 0.6 is 70.3 Å². The van der Waals surface area contributed by atoms with E-state index in [0.29, 0.717) is 3.71 Å². The smallest absolute Gasteiger partial charge is 0.329 e. The largest absolute Gasteiger partial charge is 0.487 e. The topological polar surface area (TPSA) is 49.6 Å². The number of benzene rings is 1. The fraction of sp³-hybridized carbons (Fsp3) is 0.417. The molecule has 2 N–H and O–H groups in total. The first-order valence-corrected chi connectivity index (χ1v) is 9.71. The summed E-state index contributed by atoms with van der Waals surface area (Å²) < 4.78 is 61.2. The normalized spacial score (nSPS) is 12.8. The van der Waals surface area contributed by atoms with Gasteiger partial charge < -0.3 is 5.73 Å². The molecule has 0 saturated heterocycles. The zero-order valence-electron chi connectivity index (χ0n) is 12.8. The number of amides is 1. The van der Waals surface area contributed by atoms with Gasteiger partial charge in [0.15, 0.2) is 0 Å². The highest BCUT2D eigenvalue weighted by Gasteiger charge is 2.43. The minimum Gasteiger partial charge on any atom is -0.329 e. The van der Waals surface area contributed by atoms with E-state index in [2.05, 4.69) is 0 Å². The molecule has 0 aliphatic carbocycles. The number of rotatable bonds is 8. The highest BCUT2D eigenvalue weighted by molar-refractivity contribution is 8.21. The summed E-state index contributed by atoms with van der Waals surface area (Å²) in [5.41, 5.74) is 4.17. The van der Waals surface area contributed by atoms with Gasteiger partial charge in [-0.3, -0.25) is 4.79 Å². The van der Waals surface area contributed by atoms with E-state index in [1.54, 1.807) is 0 Å². The average molecular weight is 513 g/mol. The fourth-order valence-electron chi connectivity index (χ4n) is 1.74. The number of nitrogens with zero attached hydrogens (tertiary/aromatic N) is 2. The van der Waals surface area contributed by atoms with Crippen molar-refractivity contribution in [2.45, 2.75) is 14.1 Å². The third-order valence-electron chi connectivity index (χ3n) is 2.61. The molecule has 0 unspecified atom stereocenters. The summed E-state index contributed by atoms with van der Waals surface area (Å²) in [7, 11) is 0. The average Bonchev–Trinajstić information content (AvgIpc) is 2.47. The number of nitrogens with two attached hydrogens (primary N) is 1. The van der Waals surface area contributed by atoms with Gasteiger partial charge in [0.2, 0.25) is 0 Å². The summed E-state index contributed by atoms with van der Waals surface area (Å²) in [6.45, 7) is -1.32. The second-order valence-corrected chi connectivity index (χ2v) is 10.4. The summed E-state index contributed by atoms with van der Waals surface area (Å²) in [6.07, 6.45) is -5.04. The van der Waals surface area contributed by atoms with E-state index in [1.165, 1.54) is 12.1 Å². The zero-order chi connectivity index (χ0) is 21.0. The van der Waals surface area contributed by atoms with Crippen LogP contribution < -0.4 is 9.44 Å². The first-order valence-electron chi connectivity index (χ1n) is 6.65. The SMILES string of the molecule is NCCN(C(=O)c1ccccc1N(SC(F)(Cl)Cl)SC(F)(Cl)Cl)C(F)(F)F. The molecule has 154 valence electrons. The molecule has 0 aromatic heterocycles. The molecule has 0 bridgehead atoms. The van der Waals surface area contributed by atoms with E-state index in [4.69, 9.17) is 52.1 Å². The van der Waals surface area contributed by atoms with Crippen molar-refractivity contribution < 1.29 is 26.7 Å². The summed E-state index contributed by atoms with van der Waals surface area (Å²) in [4.78, 5) is 12.0. The third kappa shape index (κ3) is 8.46. The summed E-state index contributed by atoms with van der Waals surface area (Å²) in [5.74, 6) is -1.52. The van der Waals surface area contributed by atoms with Crippen LogP contribution in [0, 0.1) is 0 Å². The lowest BCUT2D eigenvalue weighted by Crippen LogP contribution is -2.45. The Labute approximate surface area is 179 Å². The molecule has 0 radical (unpaired) electrons. The van der Waals surface area contributed by atoms with Gasteiger partial charge in [-0.15, -0.1) is 13.2 Å². The second kappa shape index (κ2) is 9.64. The lowest BCUT2D eigenvalue weighted by Gasteiger charge is -2.30. The minimum atomic E-state index is -5.04. The molecule has 0 aliphatic heterocycles. The van der Waals surface area contributed by atoms with Crippen LogP contribution in [-0.2, 0) is 0 Å². The van der Waals surface area contributed by atoms with Crippen LogP contribution in [0.3, 0.4) is 0 Å². The Morgan fingerprint density at radius 2 is 1.48 bits per heavy atom. The first kappa shape index (κ1) is 25.0. The molecule has 0 heterocycles. The number of halogens is 9. The van der Waals surface area contributed by atoms with E-state index in [0.717, 1.165) is 12.1 Å². The van der Waals surface area contributed by atoms with Crippen LogP contribution in [0.25, 0.3) is 0 Å². The molecular weight excluding hydrogens is 503 g/mol. The highest BCUT2D eigenvalue weighted by atomic mass is 35.5. The number of alkyl halides is 9. The number of para-hydroxylation sites is 1. The van der Waals surface area contributed by atoms with Crippen molar-refractivity contribution in [3.05, 3.63) is 29.8 Å². The number of carbonyl (C=O) groups is 1. The molecule has 27 heavy (non-hydrogen) atoms. The van der Waals surface area contributed by atoms with Crippen LogP contribution in [0.15, 0.2) is 24.3 Å². The van der Waals surface area contributed by atoms with E-state index in [-0.39, 0.29) is 29.6 Å². The molecule has 0 spiro atoms. The van der Waals surface area contributed by atoms with Crippen molar-refractivity contribution >= 4 is 81.9 Å². The molecule has 1 rings (SSSR count). The van der Waals surface area contributed by atoms with Crippen LogP contribution in [-0.4, -0.2) is 38.0 Å². The van der Waals surface area contributed by atoms with Crippen molar-refractivity contribution in [2.24, 2.45) is 5.73 Å². The Hall–Kier alpha value is -0.0400. The first-order chi connectivity index (χ1) is 12.2. The van der Waals surface area contributed by atoms with Crippen molar-refractivity contribution in [3.63, 3.8) is 0 Å². The Kier molecular flexibility index (Phi) is 8.92. The van der Waals surface area contributed by atoms with E-state index < -0.39 is 43.6 Å². The Bertz CT molecular complexity index is 641. The Morgan fingerprint density at radius 3 is 1.89 bits per heavy atom. The summed E-state index contributed by atoms with van der Waals surface area (Å²) in [5, 5.41) is 0. The van der Waals surface area contributed by atoms with Crippen molar-refractivity contribution in [1.29, 1.82) is 0 Å². The van der Waals surface area contributed by atoms with Crippen LogP contribution in [0.2, 0.25) is 0 Å². The minimum absolute atomic E-state index is 0.0791. The molecule has 1 aromatic rings. The maximum atomic E-state index is 13.6. The standard InChI is InChI=1S/C12H10Cl4F5N3OS2/c13-10(14,17)26-24(27-11(15,16)18)8-4-2-1-3-7(8)9(25)23(6-5-22)12(19,20)21/h1-4H,5-6,22H2. The maximum Gasteiger partial charge on any atom is 0.487 e. The van der Waals surface area contributed by atoms with Crippen molar-refractivity contribution in [1.82, 2.24) is 4.90 Å². The predicted octanol–water partition coefficient (Wildman–Crippen LogP) is 5.83. The van der Waals surface area contributed by atoms with Gasteiger partial charge in [-0.05, 0) is 12.1 Å². The molecule has 0 aliphatic rings. The lowest BCUT2D eigenvalue weighted by atomic mass is 10.1. The van der Waals surface area contributed by atoms with Crippen molar-refractivity contribution in [3.8, 4) is 0 Å². The second-order valence-electron chi connectivity index (χ2n) is 4.56. The zero-order valence-corrected chi connectivity index (χ0v) is 17.5. The molecule has 0 atom stereocenters. The van der Waals surface area contributed by atoms with Crippen LogP contribution in [0.1, 0.15) is 10.4 Å². The van der Waals surface area contributed by atoms with Crippen LogP contribution in [0.4, 0.5) is 27.6 Å². The fourth-order valence-corrected chi connectivity index (χ4v) is 4.71. The monoisotopic (exact) mass is 511 g/mol. The van der Waals surface area contributed by atoms with E-state index >= 15 is 0 Å². The summed E-state index contributed by atoms with van der Waals surface area (Å²) >= 11 is 20.8.